The molecule has 1 aromatic rings. The maximum absolute atomic E-state index is 13.4. The summed E-state index contributed by atoms with van der Waals surface area (Å²) < 4.78 is 7.47. The first-order valence-corrected chi connectivity index (χ1v) is 10.3. The van der Waals surface area contributed by atoms with Gasteiger partial charge in [0.2, 0.25) is 0 Å². The number of imidazole rings is 1. The van der Waals surface area contributed by atoms with Crippen LogP contribution >= 0.6 is 15.9 Å². The van der Waals surface area contributed by atoms with Gasteiger partial charge in [-0.25, -0.2) is 4.98 Å². The van der Waals surface area contributed by atoms with Crippen molar-refractivity contribution in [3.8, 4) is 12.3 Å². The number of halogens is 1. The van der Waals surface area contributed by atoms with E-state index < -0.39 is 0 Å². The molecule has 0 aromatic carbocycles. The predicted octanol–water partition coefficient (Wildman–Crippen LogP) is 3.47. The smallest absolute Gasteiger partial charge is 0.274 e. The topological polar surface area (TPSA) is 74.5 Å². The van der Waals surface area contributed by atoms with Crippen LogP contribution in [0.4, 0.5) is 5.82 Å². The first-order valence-electron chi connectivity index (χ1n) is 9.51. The Hall–Kier alpha value is -2.37. The van der Waals surface area contributed by atoms with Crippen LogP contribution in [0.5, 0.6) is 0 Å². The minimum Gasteiger partial charge on any atom is -0.377 e. The quantitative estimate of drug-likeness (QED) is 0.365. The average Bonchev–Trinajstić information content (AvgIpc) is 3.01. The van der Waals surface area contributed by atoms with Crippen LogP contribution in [0.2, 0.25) is 0 Å². The number of nitrogens with one attached hydrogen (secondary N) is 1. The zero-order chi connectivity index (χ0) is 21.6. The van der Waals surface area contributed by atoms with E-state index in [1.807, 2.05) is 19.1 Å². The van der Waals surface area contributed by atoms with Crippen molar-refractivity contribution in [3.05, 3.63) is 34.2 Å². The fraction of sp³-hybridized carbons (Fsp3) is 0.476. The Morgan fingerprint density at radius 3 is 2.79 bits per heavy atom. The van der Waals surface area contributed by atoms with Crippen LogP contribution < -0.4 is 4.90 Å². The first kappa shape index (κ1) is 22.9. The normalized spacial score (nSPS) is 15.6. The molecule has 1 atom stereocenters. The number of carbonyl (C=O) groups excluding carboxylic acids is 1. The number of terminal acetylenes is 1. The molecule has 156 valence electrons. The van der Waals surface area contributed by atoms with Gasteiger partial charge in [-0.3, -0.25) is 10.2 Å². The molecular formula is C21H28BrN5O2. The molecule has 1 heterocycles. The van der Waals surface area contributed by atoms with E-state index in [0.717, 1.165) is 18.4 Å². The zero-order valence-electron chi connectivity index (χ0n) is 17.4. The Morgan fingerprint density at radius 1 is 1.55 bits per heavy atom. The van der Waals surface area contributed by atoms with E-state index in [-0.39, 0.29) is 18.6 Å². The third-order valence-electron chi connectivity index (χ3n) is 4.67. The van der Waals surface area contributed by atoms with Crippen LogP contribution in [0.15, 0.2) is 28.5 Å². The largest absolute Gasteiger partial charge is 0.377 e. The van der Waals surface area contributed by atoms with Gasteiger partial charge in [0.1, 0.15) is 0 Å². The summed E-state index contributed by atoms with van der Waals surface area (Å²) in [7, 11) is 3.44. The highest BCUT2D eigenvalue weighted by Gasteiger charge is 2.28. The lowest BCUT2D eigenvalue weighted by Crippen LogP contribution is -2.35. The number of nitrogens with zero attached hydrogens (tertiary/aromatic N) is 4. The number of ether oxygens (including phenoxy) is 1. The van der Waals surface area contributed by atoms with Gasteiger partial charge < -0.3 is 19.1 Å². The Balaban J connectivity index is 2.36. The van der Waals surface area contributed by atoms with Crippen molar-refractivity contribution >= 4 is 33.5 Å². The number of likely N-dealkylation sites (N-methyl/N-ethyl adjacent to an activating group) is 1. The second-order valence-electron chi connectivity index (χ2n) is 6.89. The van der Waals surface area contributed by atoms with Crippen LogP contribution in [0.25, 0.3) is 0 Å². The zero-order valence-corrected chi connectivity index (χ0v) is 19.0. The van der Waals surface area contributed by atoms with E-state index in [9.17, 15) is 4.79 Å². The van der Waals surface area contributed by atoms with Gasteiger partial charge in [-0.2, -0.15) is 0 Å². The van der Waals surface area contributed by atoms with E-state index in [1.165, 1.54) is 0 Å². The summed E-state index contributed by atoms with van der Waals surface area (Å²) in [5, 5.41) is 8.13. The van der Waals surface area contributed by atoms with Crippen molar-refractivity contribution in [2.24, 2.45) is 0 Å². The minimum absolute atomic E-state index is 0.0811. The summed E-state index contributed by atoms with van der Waals surface area (Å²) in [4.78, 5) is 21.3. The van der Waals surface area contributed by atoms with E-state index in [0.29, 0.717) is 35.2 Å². The molecule has 0 aliphatic heterocycles. The van der Waals surface area contributed by atoms with Crippen molar-refractivity contribution in [3.63, 3.8) is 0 Å². The Labute approximate surface area is 181 Å². The molecule has 1 aliphatic rings. The molecule has 0 fully saturated rings. The second-order valence-corrected chi connectivity index (χ2v) is 7.60. The predicted molar refractivity (Wildman–Crippen MR) is 119 cm³/mol. The molecule has 7 nitrogen and oxygen atoms in total. The van der Waals surface area contributed by atoms with Gasteiger partial charge in [0.25, 0.3) is 5.91 Å². The highest BCUT2D eigenvalue weighted by Crippen LogP contribution is 2.27. The molecule has 0 spiro atoms. The monoisotopic (exact) mass is 461 g/mol. The first-order chi connectivity index (χ1) is 13.8. The number of amides is 1. The Bertz CT molecular complexity index is 865. The average molecular weight is 462 g/mol. The van der Waals surface area contributed by atoms with Gasteiger partial charge in [0.05, 0.1) is 18.5 Å². The molecule has 0 bridgehead atoms. The van der Waals surface area contributed by atoms with E-state index in [4.69, 9.17) is 16.6 Å². The lowest BCUT2D eigenvalue weighted by molar-refractivity contribution is 0.0798. The number of carbonyl (C=O) groups is 1. The molecule has 1 aromatic heterocycles. The molecule has 8 heteroatoms. The van der Waals surface area contributed by atoms with Gasteiger partial charge in [0, 0.05) is 27.2 Å². The van der Waals surface area contributed by atoms with Crippen molar-refractivity contribution in [2.45, 2.75) is 39.3 Å². The highest BCUT2D eigenvalue weighted by molar-refractivity contribution is 9.10. The molecule has 0 radical (unpaired) electrons. The SMILES string of the molecule is C#CCn1c(Br)nc(N(CCC)C(C)=N)c1C(=O)N(C)CC1=CCC(OC)C=C1. The molecule has 1 unspecified atom stereocenters. The molecule has 0 saturated heterocycles. The number of hydrogen-bond donors (Lipinski definition) is 1. The maximum atomic E-state index is 13.4. The second kappa shape index (κ2) is 10.4. The van der Waals surface area contributed by atoms with Gasteiger partial charge in [-0.05, 0) is 41.3 Å². The summed E-state index contributed by atoms with van der Waals surface area (Å²) >= 11 is 3.42. The molecule has 1 aliphatic carbocycles. The van der Waals surface area contributed by atoms with Crippen LogP contribution in [0.1, 0.15) is 37.2 Å². The molecule has 1 N–H and O–H groups in total. The van der Waals surface area contributed by atoms with E-state index in [1.54, 1.807) is 35.4 Å². The Kier molecular flexibility index (Phi) is 8.23. The van der Waals surface area contributed by atoms with Gasteiger partial charge in [-0.15, -0.1) is 6.42 Å². The standard InChI is InChI=1S/C21H28BrN5O2/c1-6-12-26(15(3)23)19-18(27(13-7-2)21(22)24-19)20(28)25(4)14-16-8-10-17(29-5)11-9-16/h2,8-10,17,23H,6,11-14H2,1,3-5H3. The van der Waals surface area contributed by atoms with Crippen LogP contribution in [-0.4, -0.2) is 59.5 Å². The number of aromatic nitrogens is 2. The number of amidine groups is 1. The molecular weight excluding hydrogens is 434 g/mol. The fourth-order valence-electron chi connectivity index (χ4n) is 3.17. The number of hydrogen-bond acceptors (Lipinski definition) is 4. The lowest BCUT2D eigenvalue weighted by atomic mass is 10.0. The van der Waals surface area contributed by atoms with Gasteiger partial charge in [0.15, 0.2) is 16.2 Å². The number of rotatable bonds is 8. The number of methoxy groups -OCH3 is 1. The van der Waals surface area contributed by atoms with Crippen LogP contribution in [0.3, 0.4) is 0 Å². The third-order valence-corrected chi connectivity index (χ3v) is 5.27. The van der Waals surface area contributed by atoms with Crippen LogP contribution in [0, 0.1) is 17.8 Å². The van der Waals surface area contributed by atoms with Crippen molar-refractivity contribution in [1.29, 1.82) is 5.41 Å². The van der Waals surface area contributed by atoms with Crippen molar-refractivity contribution in [2.75, 3.05) is 32.1 Å². The number of anilines is 1. The maximum Gasteiger partial charge on any atom is 0.274 e. The molecule has 2 rings (SSSR count). The van der Waals surface area contributed by atoms with Gasteiger partial charge in [-0.1, -0.05) is 31.1 Å². The Morgan fingerprint density at radius 2 is 2.28 bits per heavy atom. The summed E-state index contributed by atoms with van der Waals surface area (Å²) in [6.07, 6.45) is 13.3. The van der Waals surface area contributed by atoms with Crippen molar-refractivity contribution < 1.29 is 9.53 Å². The summed E-state index contributed by atoms with van der Waals surface area (Å²) in [5.74, 6) is 3.16. The molecule has 29 heavy (non-hydrogen) atoms. The molecule has 1 amide bonds. The van der Waals surface area contributed by atoms with Crippen LogP contribution in [-0.2, 0) is 11.3 Å². The van der Waals surface area contributed by atoms with Crippen molar-refractivity contribution in [1.82, 2.24) is 14.5 Å². The summed E-state index contributed by atoms with van der Waals surface area (Å²) in [6, 6.07) is 0. The van der Waals surface area contributed by atoms with E-state index in [2.05, 4.69) is 32.9 Å². The lowest BCUT2D eigenvalue weighted by Gasteiger charge is -2.25. The third kappa shape index (κ3) is 5.37. The summed E-state index contributed by atoms with van der Waals surface area (Å²) in [6.45, 7) is 4.96. The van der Waals surface area contributed by atoms with E-state index >= 15 is 0 Å². The summed E-state index contributed by atoms with van der Waals surface area (Å²) in [5.41, 5.74) is 1.43. The minimum atomic E-state index is -0.195. The molecule has 0 saturated carbocycles. The van der Waals surface area contributed by atoms with Gasteiger partial charge >= 0.3 is 0 Å². The highest BCUT2D eigenvalue weighted by atomic mass is 79.9. The fourth-order valence-corrected chi connectivity index (χ4v) is 3.64.